The fourth-order valence-electron chi connectivity index (χ4n) is 2.33. The average Bonchev–Trinajstić information content (AvgIpc) is 3.22. The summed E-state index contributed by atoms with van der Waals surface area (Å²) in [5.41, 5.74) is 3.01. The van der Waals surface area contributed by atoms with Crippen LogP contribution in [0.2, 0.25) is 0 Å². The Kier molecular flexibility index (Phi) is 3.88. The molecule has 4 heteroatoms. The summed E-state index contributed by atoms with van der Waals surface area (Å²) in [6.45, 7) is 4.62. The number of hydrogen-bond acceptors (Lipinski definition) is 3. The van der Waals surface area contributed by atoms with E-state index in [2.05, 4.69) is 16.4 Å². The predicted octanol–water partition coefficient (Wildman–Crippen LogP) is 3.88. The second-order valence-electron chi connectivity index (χ2n) is 5.70. The van der Waals surface area contributed by atoms with Crippen LogP contribution < -0.4 is 10.1 Å². The molecule has 0 amide bonds. The lowest BCUT2D eigenvalue weighted by atomic mass is 10.1. The fraction of sp³-hybridized carbons (Fsp3) is 0.353. The van der Waals surface area contributed by atoms with Crippen molar-refractivity contribution in [2.45, 2.75) is 39.3 Å². The molecule has 0 bridgehead atoms. The van der Waals surface area contributed by atoms with Crippen LogP contribution in [0.3, 0.4) is 0 Å². The van der Waals surface area contributed by atoms with Gasteiger partial charge < -0.3 is 10.1 Å². The zero-order valence-electron chi connectivity index (χ0n) is 12.3. The predicted molar refractivity (Wildman–Crippen MR) is 80.0 cm³/mol. The Morgan fingerprint density at radius 3 is 2.57 bits per heavy atom. The van der Waals surface area contributed by atoms with E-state index in [9.17, 15) is 4.39 Å². The van der Waals surface area contributed by atoms with Crippen molar-refractivity contribution >= 4 is 0 Å². The maximum Gasteiger partial charge on any atom is 0.223 e. The van der Waals surface area contributed by atoms with E-state index in [1.165, 1.54) is 25.1 Å². The van der Waals surface area contributed by atoms with Crippen molar-refractivity contribution < 1.29 is 9.13 Å². The van der Waals surface area contributed by atoms with Gasteiger partial charge in [-0.3, -0.25) is 0 Å². The first kappa shape index (κ1) is 14.0. The number of pyridine rings is 1. The number of rotatable bonds is 5. The third-order valence-electron chi connectivity index (χ3n) is 3.46. The number of benzene rings is 1. The first-order valence-corrected chi connectivity index (χ1v) is 7.24. The maximum absolute atomic E-state index is 13.4. The van der Waals surface area contributed by atoms with E-state index in [-0.39, 0.29) is 5.82 Å². The normalized spacial score (nSPS) is 14.2. The molecule has 3 rings (SSSR count). The van der Waals surface area contributed by atoms with Crippen LogP contribution in [-0.4, -0.2) is 11.0 Å². The number of ether oxygens (including phenoxy) is 1. The SMILES string of the molecule is Cc1cc(C)cc(Oc2ncc(F)cc2CNC2CC2)c1. The molecule has 2 aromatic rings. The van der Waals surface area contributed by atoms with Crippen molar-refractivity contribution in [2.24, 2.45) is 0 Å². The molecule has 110 valence electrons. The summed E-state index contributed by atoms with van der Waals surface area (Å²) in [5.74, 6) is 0.865. The molecule has 0 aliphatic heterocycles. The minimum absolute atomic E-state index is 0.338. The highest BCUT2D eigenvalue weighted by molar-refractivity contribution is 5.37. The summed E-state index contributed by atoms with van der Waals surface area (Å²) < 4.78 is 19.3. The van der Waals surface area contributed by atoms with Gasteiger partial charge in [0.2, 0.25) is 5.88 Å². The lowest BCUT2D eigenvalue weighted by Crippen LogP contribution is -2.16. The van der Waals surface area contributed by atoms with Crippen LogP contribution in [0.1, 0.15) is 29.5 Å². The fourth-order valence-corrected chi connectivity index (χ4v) is 2.33. The largest absolute Gasteiger partial charge is 0.439 e. The molecule has 0 spiro atoms. The van der Waals surface area contributed by atoms with Gasteiger partial charge >= 0.3 is 0 Å². The molecule has 1 aliphatic carbocycles. The first-order chi connectivity index (χ1) is 10.1. The van der Waals surface area contributed by atoms with Crippen LogP contribution in [0.15, 0.2) is 30.5 Å². The molecule has 1 aromatic heterocycles. The highest BCUT2D eigenvalue weighted by atomic mass is 19.1. The Balaban J connectivity index is 1.82. The Morgan fingerprint density at radius 2 is 1.90 bits per heavy atom. The van der Waals surface area contributed by atoms with E-state index in [0.717, 1.165) is 22.4 Å². The number of aromatic nitrogens is 1. The topological polar surface area (TPSA) is 34.1 Å². The Morgan fingerprint density at radius 1 is 1.19 bits per heavy atom. The van der Waals surface area contributed by atoms with Crippen LogP contribution in [0.25, 0.3) is 0 Å². The molecule has 1 heterocycles. The molecule has 1 aromatic carbocycles. The molecule has 1 fully saturated rings. The molecule has 3 nitrogen and oxygen atoms in total. The second-order valence-corrected chi connectivity index (χ2v) is 5.70. The van der Waals surface area contributed by atoms with Gasteiger partial charge in [0, 0.05) is 18.2 Å². The number of nitrogens with one attached hydrogen (secondary N) is 1. The van der Waals surface area contributed by atoms with E-state index < -0.39 is 0 Å². The van der Waals surface area contributed by atoms with Gasteiger partial charge in [0.25, 0.3) is 0 Å². The third-order valence-corrected chi connectivity index (χ3v) is 3.46. The highest BCUT2D eigenvalue weighted by Gasteiger charge is 2.21. The highest BCUT2D eigenvalue weighted by Crippen LogP contribution is 2.27. The zero-order valence-corrected chi connectivity index (χ0v) is 12.3. The number of nitrogens with zero attached hydrogens (tertiary/aromatic N) is 1. The van der Waals surface area contributed by atoms with Gasteiger partial charge in [0.15, 0.2) is 0 Å². The molecule has 1 aliphatic rings. The number of aryl methyl sites for hydroxylation is 2. The molecule has 0 saturated heterocycles. The van der Waals surface area contributed by atoms with Crippen molar-refractivity contribution in [3.8, 4) is 11.6 Å². The molecule has 21 heavy (non-hydrogen) atoms. The monoisotopic (exact) mass is 286 g/mol. The van der Waals surface area contributed by atoms with Gasteiger partial charge in [-0.05, 0) is 56.0 Å². The van der Waals surface area contributed by atoms with Gasteiger partial charge in [-0.1, -0.05) is 6.07 Å². The lowest BCUT2D eigenvalue weighted by Gasteiger charge is -2.12. The van der Waals surface area contributed by atoms with Gasteiger partial charge in [-0.2, -0.15) is 0 Å². The van der Waals surface area contributed by atoms with Gasteiger partial charge in [0.05, 0.1) is 6.20 Å². The molecule has 1 saturated carbocycles. The maximum atomic E-state index is 13.4. The van der Waals surface area contributed by atoms with Crippen LogP contribution in [0, 0.1) is 19.7 Å². The Labute approximate surface area is 124 Å². The molecule has 1 N–H and O–H groups in total. The van der Waals surface area contributed by atoms with E-state index in [1.54, 1.807) is 0 Å². The van der Waals surface area contributed by atoms with E-state index >= 15 is 0 Å². The van der Waals surface area contributed by atoms with Crippen LogP contribution in [-0.2, 0) is 6.54 Å². The van der Waals surface area contributed by atoms with Crippen molar-refractivity contribution in [3.63, 3.8) is 0 Å². The Bertz CT molecular complexity index is 633. The van der Waals surface area contributed by atoms with Crippen LogP contribution >= 0.6 is 0 Å². The van der Waals surface area contributed by atoms with Crippen molar-refractivity contribution in [2.75, 3.05) is 0 Å². The van der Waals surface area contributed by atoms with E-state index in [0.29, 0.717) is 18.5 Å². The second kappa shape index (κ2) is 5.82. The minimum Gasteiger partial charge on any atom is -0.439 e. The number of halogens is 1. The summed E-state index contributed by atoms with van der Waals surface area (Å²) in [6.07, 6.45) is 3.57. The Hall–Kier alpha value is -1.94. The standard InChI is InChI=1S/C17H19FN2O/c1-11-5-12(2)7-16(6-11)21-17-13(8-14(18)10-20-17)9-19-15-3-4-15/h5-8,10,15,19H,3-4,9H2,1-2H3. The molecule has 0 radical (unpaired) electrons. The van der Waals surface area contributed by atoms with Crippen LogP contribution in [0.4, 0.5) is 4.39 Å². The van der Waals surface area contributed by atoms with E-state index in [1.807, 2.05) is 26.0 Å². The van der Waals surface area contributed by atoms with Crippen LogP contribution in [0.5, 0.6) is 11.6 Å². The smallest absolute Gasteiger partial charge is 0.223 e. The molecule has 0 unspecified atom stereocenters. The number of hydrogen-bond donors (Lipinski definition) is 1. The molecular weight excluding hydrogens is 267 g/mol. The summed E-state index contributed by atoms with van der Waals surface area (Å²) in [7, 11) is 0. The lowest BCUT2D eigenvalue weighted by molar-refractivity contribution is 0.447. The van der Waals surface area contributed by atoms with E-state index in [4.69, 9.17) is 4.74 Å². The van der Waals surface area contributed by atoms with Crippen molar-refractivity contribution in [1.29, 1.82) is 0 Å². The summed E-state index contributed by atoms with van der Waals surface area (Å²) >= 11 is 0. The summed E-state index contributed by atoms with van der Waals surface area (Å²) in [5, 5.41) is 3.36. The molecule has 0 atom stereocenters. The molecular formula is C17H19FN2O. The first-order valence-electron chi connectivity index (χ1n) is 7.24. The zero-order chi connectivity index (χ0) is 14.8. The quantitative estimate of drug-likeness (QED) is 0.905. The third kappa shape index (κ3) is 3.79. The average molecular weight is 286 g/mol. The minimum atomic E-state index is -0.338. The van der Waals surface area contributed by atoms with Crippen molar-refractivity contribution in [3.05, 3.63) is 53.0 Å². The van der Waals surface area contributed by atoms with Gasteiger partial charge in [0.1, 0.15) is 11.6 Å². The van der Waals surface area contributed by atoms with Gasteiger partial charge in [-0.25, -0.2) is 9.37 Å². The van der Waals surface area contributed by atoms with Crippen molar-refractivity contribution in [1.82, 2.24) is 10.3 Å². The van der Waals surface area contributed by atoms with Gasteiger partial charge in [-0.15, -0.1) is 0 Å². The summed E-state index contributed by atoms with van der Waals surface area (Å²) in [4.78, 5) is 4.09. The summed E-state index contributed by atoms with van der Waals surface area (Å²) in [6, 6.07) is 8.04.